The van der Waals surface area contributed by atoms with Crippen LogP contribution in [0.5, 0.6) is 5.75 Å². The summed E-state index contributed by atoms with van der Waals surface area (Å²) < 4.78 is 22.2. The molecular formula is C25H23FN4O3. The molecule has 2 aromatic heterocycles. The first-order valence-electron chi connectivity index (χ1n) is 10.3. The number of nitrogens with zero attached hydrogens (tertiary/aromatic N) is 4. The van der Waals surface area contributed by atoms with Crippen molar-refractivity contribution in [3.05, 3.63) is 112 Å². The minimum atomic E-state index is -0.348. The Morgan fingerprint density at radius 1 is 1.18 bits per heavy atom. The van der Waals surface area contributed by atoms with Gasteiger partial charge in [0.05, 0.1) is 36.4 Å². The number of halogens is 1. The monoisotopic (exact) mass is 446 g/mol. The van der Waals surface area contributed by atoms with Crippen molar-refractivity contribution in [1.29, 1.82) is 0 Å². The zero-order chi connectivity index (χ0) is 23.5. The van der Waals surface area contributed by atoms with Crippen LogP contribution in [0.3, 0.4) is 0 Å². The maximum Gasteiger partial charge on any atom is 0.260 e. The van der Waals surface area contributed by atoms with Gasteiger partial charge in [0, 0.05) is 18.0 Å². The number of rotatable bonds is 6. The molecule has 1 N–H and O–H groups in total. The third-order valence-electron chi connectivity index (χ3n) is 5.54. The summed E-state index contributed by atoms with van der Waals surface area (Å²) in [7, 11) is 1.54. The molecule has 168 valence electrons. The Labute approximate surface area is 190 Å². The van der Waals surface area contributed by atoms with E-state index in [1.807, 2.05) is 30.7 Å². The third-order valence-corrected chi connectivity index (χ3v) is 5.54. The highest BCUT2D eigenvalue weighted by atomic mass is 19.1. The predicted octanol–water partition coefficient (Wildman–Crippen LogP) is 4.33. The van der Waals surface area contributed by atoms with Gasteiger partial charge in [0.15, 0.2) is 0 Å². The van der Waals surface area contributed by atoms with Crippen molar-refractivity contribution in [2.75, 3.05) is 7.11 Å². The van der Waals surface area contributed by atoms with E-state index in [2.05, 4.69) is 10.1 Å². The highest BCUT2D eigenvalue weighted by molar-refractivity contribution is 6.12. The highest BCUT2D eigenvalue weighted by Gasteiger charge is 2.18. The molecule has 0 radical (unpaired) electrons. The molecule has 0 aliphatic carbocycles. The van der Waals surface area contributed by atoms with Crippen LogP contribution in [0.1, 0.15) is 35.3 Å². The molecule has 2 heterocycles. The number of ether oxygens (including phenoxy) is 1. The minimum Gasteiger partial charge on any atom is -0.495 e. The van der Waals surface area contributed by atoms with Gasteiger partial charge in [0.2, 0.25) is 0 Å². The molecule has 1 atom stereocenters. The number of benzene rings is 2. The normalized spacial score (nSPS) is 12.5. The summed E-state index contributed by atoms with van der Waals surface area (Å²) in [6.45, 7) is 3.74. The van der Waals surface area contributed by atoms with Crippen LogP contribution in [0.25, 0.3) is 5.69 Å². The van der Waals surface area contributed by atoms with Gasteiger partial charge in [-0.1, -0.05) is 23.4 Å². The summed E-state index contributed by atoms with van der Waals surface area (Å²) in [5.41, 5.74) is 2.91. The van der Waals surface area contributed by atoms with E-state index in [0.29, 0.717) is 11.3 Å². The topological polar surface area (TPSA) is 81.6 Å². The molecule has 0 bridgehead atoms. The second-order valence-electron chi connectivity index (χ2n) is 7.62. The van der Waals surface area contributed by atoms with Crippen LogP contribution in [-0.4, -0.2) is 32.1 Å². The van der Waals surface area contributed by atoms with Gasteiger partial charge in [0.25, 0.3) is 5.56 Å². The molecule has 0 aliphatic heterocycles. The molecule has 4 aromatic rings. The van der Waals surface area contributed by atoms with Crippen LogP contribution < -0.4 is 10.3 Å². The Balaban J connectivity index is 1.75. The molecule has 2 aromatic carbocycles. The molecule has 0 saturated carbocycles. The first kappa shape index (κ1) is 22.0. The standard InChI is InChI=1S/C25H23FN4O3/c1-16-14-29(15-27-16)22-11-8-19(13-23(22)33-3)24(28-32)21-5-4-12-30(25(21)31)17(2)18-6-9-20(26)10-7-18/h4-15,17,32H,1-3H3. The zero-order valence-corrected chi connectivity index (χ0v) is 18.4. The van der Waals surface area contributed by atoms with Crippen molar-refractivity contribution >= 4 is 5.71 Å². The Morgan fingerprint density at radius 3 is 2.58 bits per heavy atom. The van der Waals surface area contributed by atoms with Gasteiger partial charge in [-0.25, -0.2) is 9.37 Å². The maximum absolute atomic E-state index is 13.3. The van der Waals surface area contributed by atoms with E-state index in [-0.39, 0.29) is 28.7 Å². The molecule has 0 spiro atoms. The Bertz CT molecular complexity index is 1370. The van der Waals surface area contributed by atoms with Crippen molar-refractivity contribution in [3.63, 3.8) is 0 Å². The number of hydrogen-bond donors (Lipinski definition) is 1. The number of methoxy groups -OCH3 is 1. The van der Waals surface area contributed by atoms with Crippen molar-refractivity contribution in [2.24, 2.45) is 5.16 Å². The smallest absolute Gasteiger partial charge is 0.260 e. The molecule has 33 heavy (non-hydrogen) atoms. The lowest BCUT2D eigenvalue weighted by atomic mass is 10.0. The van der Waals surface area contributed by atoms with Crippen LogP contribution in [-0.2, 0) is 0 Å². The molecule has 0 saturated heterocycles. The molecule has 4 rings (SSSR count). The number of imidazole rings is 1. The van der Waals surface area contributed by atoms with Gasteiger partial charge >= 0.3 is 0 Å². The summed E-state index contributed by atoms with van der Waals surface area (Å²) in [4.78, 5) is 17.6. The van der Waals surface area contributed by atoms with Gasteiger partial charge in [0.1, 0.15) is 17.3 Å². The SMILES string of the molecule is COc1cc(C(=NO)c2cccn(C(C)c3ccc(F)cc3)c2=O)ccc1-n1cnc(C)c1. The predicted molar refractivity (Wildman–Crippen MR) is 123 cm³/mol. The molecule has 8 heteroatoms. The molecule has 1 unspecified atom stereocenters. The van der Waals surface area contributed by atoms with Crippen LogP contribution in [0.15, 0.2) is 83.3 Å². The fourth-order valence-electron chi connectivity index (χ4n) is 3.76. The van der Waals surface area contributed by atoms with Crippen LogP contribution in [0.4, 0.5) is 4.39 Å². The van der Waals surface area contributed by atoms with Crippen molar-refractivity contribution in [2.45, 2.75) is 19.9 Å². The van der Waals surface area contributed by atoms with Crippen molar-refractivity contribution in [1.82, 2.24) is 14.1 Å². The first-order chi connectivity index (χ1) is 15.9. The highest BCUT2D eigenvalue weighted by Crippen LogP contribution is 2.26. The lowest BCUT2D eigenvalue weighted by Gasteiger charge is -2.17. The molecule has 0 amide bonds. The van der Waals surface area contributed by atoms with Crippen molar-refractivity contribution in [3.8, 4) is 11.4 Å². The van der Waals surface area contributed by atoms with Crippen LogP contribution in [0.2, 0.25) is 0 Å². The molecule has 0 fully saturated rings. The average Bonchev–Trinajstić information content (AvgIpc) is 3.26. The molecule has 0 aliphatic rings. The zero-order valence-electron chi connectivity index (χ0n) is 18.4. The summed E-state index contributed by atoms with van der Waals surface area (Å²) in [6.07, 6.45) is 5.20. The Hall–Kier alpha value is -4.20. The van der Waals surface area contributed by atoms with Crippen LogP contribution in [0, 0.1) is 12.7 Å². The number of aryl methyl sites for hydroxylation is 1. The van der Waals surface area contributed by atoms with E-state index in [0.717, 1.165) is 16.9 Å². The van der Waals surface area contributed by atoms with E-state index < -0.39 is 0 Å². The molecule has 7 nitrogen and oxygen atoms in total. The Kier molecular flexibility index (Phi) is 6.08. The second kappa shape index (κ2) is 9.12. The average molecular weight is 446 g/mol. The van der Waals surface area contributed by atoms with Gasteiger partial charge in [-0.05, 0) is 55.8 Å². The van der Waals surface area contributed by atoms with Crippen LogP contribution >= 0.6 is 0 Å². The quantitative estimate of drug-likeness (QED) is 0.272. The summed E-state index contributed by atoms with van der Waals surface area (Å²) in [6, 6.07) is 14.2. The molecular weight excluding hydrogens is 423 g/mol. The minimum absolute atomic E-state index is 0.118. The first-order valence-corrected chi connectivity index (χ1v) is 10.3. The van der Waals surface area contributed by atoms with Gasteiger partial charge in [-0.2, -0.15) is 0 Å². The van der Waals surface area contributed by atoms with Gasteiger partial charge in [-0.15, -0.1) is 0 Å². The van der Waals surface area contributed by atoms with Gasteiger partial charge < -0.3 is 19.1 Å². The Morgan fingerprint density at radius 2 is 1.94 bits per heavy atom. The number of hydrogen-bond acceptors (Lipinski definition) is 5. The van der Waals surface area contributed by atoms with E-state index in [1.165, 1.54) is 16.7 Å². The largest absolute Gasteiger partial charge is 0.495 e. The summed E-state index contributed by atoms with van der Waals surface area (Å²) in [5.74, 6) is 0.187. The lowest BCUT2D eigenvalue weighted by molar-refractivity contribution is 0.319. The number of pyridine rings is 1. The fourth-order valence-corrected chi connectivity index (χ4v) is 3.76. The fraction of sp³-hybridized carbons (Fsp3) is 0.160. The number of aromatic nitrogens is 3. The second-order valence-corrected chi connectivity index (χ2v) is 7.62. The van der Waals surface area contributed by atoms with E-state index >= 15 is 0 Å². The van der Waals surface area contributed by atoms with E-state index in [1.54, 1.807) is 56.0 Å². The van der Waals surface area contributed by atoms with Gasteiger partial charge in [-0.3, -0.25) is 4.79 Å². The van der Waals surface area contributed by atoms with Crippen molar-refractivity contribution < 1.29 is 14.3 Å². The third kappa shape index (κ3) is 4.27. The number of oxime groups is 1. The summed E-state index contributed by atoms with van der Waals surface area (Å²) >= 11 is 0. The van der Waals surface area contributed by atoms with E-state index in [4.69, 9.17) is 4.74 Å². The van der Waals surface area contributed by atoms with E-state index in [9.17, 15) is 14.4 Å². The summed E-state index contributed by atoms with van der Waals surface area (Å²) in [5, 5.41) is 13.3. The maximum atomic E-state index is 13.3. The lowest BCUT2D eigenvalue weighted by Crippen LogP contribution is -2.29.